The summed E-state index contributed by atoms with van der Waals surface area (Å²) < 4.78 is 104. The van der Waals surface area contributed by atoms with Crippen molar-refractivity contribution in [3.63, 3.8) is 0 Å². The summed E-state index contributed by atoms with van der Waals surface area (Å²) in [7, 11) is -7.30. The van der Waals surface area contributed by atoms with Crippen molar-refractivity contribution in [2.75, 3.05) is 78.0 Å². The number of halogens is 1. The fourth-order valence-corrected chi connectivity index (χ4v) is 16.6. The molecule has 3 amide bonds. The number of aryl methyl sites for hydroxylation is 2. The number of carbonyl (C=O) groups is 4. The number of hydrogen-bond acceptors (Lipinski definition) is 18. The number of sulfonamides is 1. The van der Waals surface area contributed by atoms with Crippen molar-refractivity contribution in [2.45, 2.75) is 178 Å². The summed E-state index contributed by atoms with van der Waals surface area (Å²) in [5, 5.41) is 35.6. The maximum Gasteiger partial charge on any atom is 0.294 e. The van der Waals surface area contributed by atoms with Gasteiger partial charge in [-0.25, -0.2) is 23.3 Å². The van der Waals surface area contributed by atoms with Crippen molar-refractivity contribution < 1.29 is 73.7 Å². The van der Waals surface area contributed by atoms with E-state index in [1.807, 2.05) is 6.07 Å². The van der Waals surface area contributed by atoms with Gasteiger partial charge in [0.1, 0.15) is 36.7 Å². The summed E-state index contributed by atoms with van der Waals surface area (Å²) in [6.45, 7) is 18.7. The molecule has 0 saturated carbocycles. The minimum absolute atomic E-state index is 0.0846. The van der Waals surface area contributed by atoms with Crippen LogP contribution in [-0.2, 0) is 90.4 Å². The first-order valence-electron chi connectivity index (χ1n) is 37.0. The van der Waals surface area contributed by atoms with Crippen LogP contribution < -0.4 is 25.8 Å². The number of ketones is 1. The van der Waals surface area contributed by atoms with Crippen LogP contribution in [0.5, 0.6) is 5.75 Å². The van der Waals surface area contributed by atoms with Crippen molar-refractivity contribution in [1.82, 2.24) is 50.4 Å². The second-order valence-corrected chi connectivity index (χ2v) is 31.8. The number of amides is 3. The lowest BCUT2D eigenvalue weighted by atomic mass is 9.79. The van der Waals surface area contributed by atoms with Gasteiger partial charge >= 0.3 is 0 Å². The lowest BCUT2D eigenvalue weighted by molar-refractivity contribution is -0.438. The molecule has 0 aliphatic carbocycles. The number of alkyl halides is 1. The number of anilines is 1. The SMILES string of the molecule is CCN1\C(=C/C=C/C=C/C2=[N+](CCCCCC(=O)CCCCCC(NC(=O)Cn3cc(CCCF)nn3)C(=O)NCCOCCOCCOCCn3cc(CN(C(C(=O)NO)C(C)C)S(=O)(=O)c4ccc(OC)cc4)nn3)c3ccc4ccc(S(=O)(=O)O)cc4c3C2(C)C)C(C)(C)c2c1ccc1c(C)cccc21. The number of nitrogens with one attached hydrogen (secondary N) is 3. The molecule has 2 atom stereocenters. The Morgan fingerprint density at radius 3 is 2.09 bits per heavy atom. The van der Waals surface area contributed by atoms with Crippen LogP contribution >= 0.6 is 0 Å². The summed E-state index contributed by atoms with van der Waals surface area (Å²) in [4.78, 5) is 55.3. The molecule has 9 rings (SSSR count). The number of carbonyl (C=O) groups excluding carboxylic acids is 4. The highest BCUT2D eigenvalue weighted by molar-refractivity contribution is 7.89. The molecule has 0 bridgehead atoms. The Bertz CT molecular complexity index is 4650. The molecule has 2 aliphatic heterocycles. The van der Waals surface area contributed by atoms with Crippen molar-refractivity contribution in [3.8, 4) is 5.75 Å². The Balaban J connectivity index is 0.715. The largest absolute Gasteiger partial charge is 0.497 e. The molecule has 2 unspecified atom stereocenters. The van der Waals surface area contributed by atoms with Gasteiger partial charge in [0.2, 0.25) is 27.5 Å². The predicted octanol–water partition coefficient (Wildman–Crippen LogP) is 10.7. The molecule has 29 heteroatoms. The molecule has 5 aromatic carbocycles. The number of methoxy groups -OCH3 is 1. The van der Waals surface area contributed by atoms with E-state index in [1.54, 1.807) is 43.9 Å². The summed E-state index contributed by atoms with van der Waals surface area (Å²) in [5.41, 5.74) is 9.55. The van der Waals surface area contributed by atoms with E-state index < -0.39 is 68.0 Å². The maximum atomic E-state index is 13.9. The van der Waals surface area contributed by atoms with Crippen molar-refractivity contribution in [3.05, 3.63) is 161 Å². The van der Waals surface area contributed by atoms with Crippen molar-refractivity contribution in [2.24, 2.45) is 5.92 Å². The van der Waals surface area contributed by atoms with E-state index in [4.69, 9.17) is 18.9 Å². The van der Waals surface area contributed by atoms with E-state index >= 15 is 0 Å². The maximum absolute atomic E-state index is 13.9. The third kappa shape index (κ3) is 20.9. The van der Waals surface area contributed by atoms with Crippen LogP contribution in [0.25, 0.3) is 21.5 Å². The fourth-order valence-electron chi connectivity index (χ4n) is 14.4. The zero-order chi connectivity index (χ0) is 77.8. The zero-order valence-corrected chi connectivity index (χ0v) is 65.0. The van der Waals surface area contributed by atoms with Gasteiger partial charge in [0, 0.05) is 79.3 Å². The Kier molecular flexibility index (Phi) is 29.6. The van der Waals surface area contributed by atoms with E-state index in [0.29, 0.717) is 69.4 Å². The summed E-state index contributed by atoms with van der Waals surface area (Å²) in [6, 6.07) is 23.3. The van der Waals surface area contributed by atoms with Crippen molar-refractivity contribution >= 4 is 82.3 Å². The van der Waals surface area contributed by atoms with Crippen molar-refractivity contribution in [1.29, 1.82) is 0 Å². The number of likely N-dealkylation sites (N-methyl/N-ethyl adjacent to an activating group) is 1. The van der Waals surface area contributed by atoms with Gasteiger partial charge in [0.25, 0.3) is 16.0 Å². The molecule has 2 aliphatic rings. The number of ether oxygens (including phenoxy) is 4. The van der Waals surface area contributed by atoms with Gasteiger partial charge in [-0.15, -0.1) is 10.2 Å². The molecular formula is C79H104FN12O14S2+. The molecule has 5 N–H and O–H groups in total. The molecule has 582 valence electrons. The smallest absolute Gasteiger partial charge is 0.294 e. The van der Waals surface area contributed by atoms with Crippen LogP contribution in [0.1, 0.15) is 141 Å². The first-order chi connectivity index (χ1) is 51.7. The van der Waals surface area contributed by atoms with Gasteiger partial charge < -0.3 is 34.5 Å². The zero-order valence-electron chi connectivity index (χ0n) is 63.3. The first kappa shape index (κ1) is 83.1. The Labute approximate surface area is 632 Å². The number of hydroxylamine groups is 1. The first-order valence-corrected chi connectivity index (χ1v) is 39.9. The van der Waals surface area contributed by atoms with E-state index in [1.165, 1.54) is 80.1 Å². The van der Waals surface area contributed by atoms with Crippen LogP contribution in [0.3, 0.4) is 0 Å². The van der Waals surface area contributed by atoms with Crippen LogP contribution in [0.4, 0.5) is 15.8 Å². The normalized spacial score (nSPS) is 15.2. The fraction of sp³-hybridized carbons (Fsp3) is 0.481. The number of rotatable bonds is 44. The topological polar surface area (TPSA) is 321 Å². The van der Waals surface area contributed by atoms with Crippen LogP contribution in [0, 0.1) is 12.8 Å². The number of unbranched alkanes of at least 4 members (excludes halogenated alkanes) is 4. The van der Waals surface area contributed by atoms with Gasteiger partial charge in [-0.2, -0.15) is 17.3 Å². The quantitative estimate of drug-likeness (QED) is 0.00592. The summed E-state index contributed by atoms with van der Waals surface area (Å²) in [6.07, 6.45) is 19.5. The van der Waals surface area contributed by atoms with E-state index in [2.05, 4.69) is 149 Å². The number of aromatic nitrogens is 6. The van der Waals surface area contributed by atoms with Gasteiger partial charge in [-0.1, -0.05) is 99.5 Å². The number of benzene rings is 5. The highest BCUT2D eigenvalue weighted by atomic mass is 32.2. The number of allylic oxidation sites excluding steroid dienone is 6. The molecule has 26 nitrogen and oxygen atoms in total. The number of fused-ring (bicyclic) bond motifs is 6. The highest BCUT2D eigenvalue weighted by Crippen LogP contribution is 2.51. The highest BCUT2D eigenvalue weighted by Gasteiger charge is 2.46. The molecular weight excluding hydrogens is 1420 g/mol. The molecule has 0 fully saturated rings. The molecule has 0 saturated heterocycles. The minimum Gasteiger partial charge on any atom is -0.497 e. The van der Waals surface area contributed by atoms with Gasteiger partial charge in [-0.05, 0) is 159 Å². The standard InChI is InChI=1S/C79H103FN12O14S2/c1-10-90-68-39-37-64-56(4)22-20-26-65(64)73(68)78(5,6)70(90)28-17-12-18-29-71-79(7,8)74-66-50-63(108(100,101)102)34-30-57(66)31-38-69(74)91(71)42-19-13-15-25-60(93)24-14-11-16-27-67(82-72(94)54-89-51-58(83-87-89)23-21-40-80)76(95)81-41-44-104-46-48-106-49-47-105-45-43-88-52-59(84-86-88)53-92(75(55(2)3)77(96)85-97)107(98,99)62-35-32-61(103-9)33-36-62/h12,17-18,20,22,26,28-39,50-52,55,67,75H,10-11,13-16,19,21,23-25,27,40-49,53-54H2,1-9H3,(H4-,81,82,83,84,85,86,87,94,95,96,97,100,101,102)/p+1. The number of nitrogens with zero attached hydrogens (tertiary/aromatic N) is 9. The lowest BCUT2D eigenvalue weighted by Crippen LogP contribution is -2.51. The molecule has 0 radical (unpaired) electrons. The minimum atomic E-state index is -4.47. The van der Waals surface area contributed by atoms with E-state index in [9.17, 15) is 50.2 Å². The van der Waals surface area contributed by atoms with Gasteiger partial charge in [0.05, 0.1) is 93.1 Å². The summed E-state index contributed by atoms with van der Waals surface area (Å²) >= 11 is 0. The lowest BCUT2D eigenvalue weighted by Gasteiger charge is -2.31. The van der Waals surface area contributed by atoms with E-state index in [-0.39, 0.29) is 98.9 Å². The Hall–Kier alpha value is -8.94. The Morgan fingerprint density at radius 2 is 1.40 bits per heavy atom. The molecule has 4 heterocycles. The van der Waals surface area contributed by atoms with Crippen LogP contribution in [0.2, 0.25) is 0 Å². The molecule has 0 spiro atoms. The predicted molar refractivity (Wildman–Crippen MR) is 410 cm³/mol. The summed E-state index contributed by atoms with van der Waals surface area (Å²) in [5.74, 6) is -1.70. The Morgan fingerprint density at radius 1 is 0.722 bits per heavy atom. The van der Waals surface area contributed by atoms with E-state index in [0.717, 1.165) is 51.4 Å². The second kappa shape index (κ2) is 38.4. The molecule has 7 aromatic rings. The monoisotopic (exact) mass is 1530 g/mol. The van der Waals surface area contributed by atoms with Crippen LogP contribution in [-0.4, -0.2) is 180 Å². The molecule has 2 aromatic heterocycles. The van der Waals surface area contributed by atoms with Gasteiger partial charge in [0.15, 0.2) is 5.71 Å². The third-order valence-electron chi connectivity index (χ3n) is 19.8. The molecule has 108 heavy (non-hydrogen) atoms. The van der Waals surface area contributed by atoms with Crippen LogP contribution in [0.15, 0.2) is 143 Å². The second-order valence-electron chi connectivity index (χ2n) is 28.5. The number of Topliss-reactive ketones (excluding diaryl/α,β-unsaturated/α-hetero) is 1. The van der Waals surface area contributed by atoms with Gasteiger partial charge in [-0.3, -0.25) is 33.3 Å². The average molecular weight is 1530 g/mol. The third-order valence-corrected chi connectivity index (χ3v) is 22.5. The number of hydrogen-bond donors (Lipinski definition) is 5. The average Bonchev–Trinajstić information content (AvgIpc) is 1.56.